The first-order valence-corrected chi connectivity index (χ1v) is 8.99. The van der Waals surface area contributed by atoms with E-state index in [1.54, 1.807) is 19.2 Å². The Balaban J connectivity index is 0.00000136. The Morgan fingerprint density at radius 1 is 0.929 bits per heavy atom. The van der Waals surface area contributed by atoms with Crippen LogP contribution in [0.25, 0.3) is 11.6 Å². The number of esters is 2. The molecule has 0 N–H and O–H groups in total. The average Bonchev–Trinajstić information content (AvgIpc) is 2.69. The van der Waals surface area contributed by atoms with Crippen LogP contribution in [0.4, 0.5) is 0 Å². The average molecular weight is 384 g/mol. The zero-order valence-electron chi connectivity index (χ0n) is 16.7. The molecule has 0 radical (unpaired) electrons. The standard InChI is InChI=1S/C20H18O6.C2H6/c1-12(21)25-19-9-15-8-16(14-4-6-17(23-3)7-5-14)11-24-18(15)10-20(19)26-13(2)22;1-2/h4-10H,11H2,1-3H3;1-2H3. The van der Waals surface area contributed by atoms with Crippen LogP contribution < -0.4 is 18.9 Å². The van der Waals surface area contributed by atoms with Crippen molar-refractivity contribution in [1.82, 2.24) is 0 Å². The minimum Gasteiger partial charge on any atom is -0.497 e. The fourth-order valence-corrected chi connectivity index (χ4v) is 2.62. The molecule has 1 aliphatic rings. The van der Waals surface area contributed by atoms with Crippen LogP contribution in [0.15, 0.2) is 36.4 Å². The minimum atomic E-state index is -0.511. The van der Waals surface area contributed by atoms with E-state index in [2.05, 4.69) is 0 Å². The molecule has 2 aromatic rings. The normalized spacial score (nSPS) is 11.7. The number of benzene rings is 2. The Bertz CT molecular complexity index is 881. The van der Waals surface area contributed by atoms with Gasteiger partial charge in [-0.05, 0) is 35.4 Å². The minimum absolute atomic E-state index is 0.146. The van der Waals surface area contributed by atoms with Crippen LogP contribution in [0, 0.1) is 0 Å². The molecular formula is C22H24O6. The summed E-state index contributed by atoms with van der Waals surface area (Å²) in [7, 11) is 1.62. The Labute approximate surface area is 164 Å². The number of methoxy groups -OCH3 is 1. The summed E-state index contributed by atoms with van der Waals surface area (Å²) >= 11 is 0. The highest BCUT2D eigenvalue weighted by Gasteiger charge is 2.19. The third-order valence-corrected chi connectivity index (χ3v) is 3.76. The number of carbonyl (C=O) groups excluding carboxylic acids is 2. The van der Waals surface area contributed by atoms with Crippen molar-refractivity contribution in [3.8, 4) is 23.0 Å². The third-order valence-electron chi connectivity index (χ3n) is 3.76. The van der Waals surface area contributed by atoms with E-state index >= 15 is 0 Å². The zero-order chi connectivity index (χ0) is 20.7. The van der Waals surface area contributed by atoms with Gasteiger partial charge >= 0.3 is 11.9 Å². The van der Waals surface area contributed by atoms with E-state index in [9.17, 15) is 9.59 Å². The predicted molar refractivity (Wildman–Crippen MR) is 107 cm³/mol. The van der Waals surface area contributed by atoms with Crippen LogP contribution in [-0.4, -0.2) is 25.7 Å². The molecule has 0 spiro atoms. The van der Waals surface area contributed by atoms with Crippen molar-refractivity contribution in [3.05, 3.63) is 47.5 Å². The van der Waals surface area contributed by atoms with Crippen LogP contribution in [0.2, 0.25) is 0 Å². The van der Waals surface area contributed by atoms with Crippen LogP contribution >= 0.6 is 0 Å². The van der Waals surface area contributed by atoms with Gasteiger partial charge in [0.25, 0.3) is 0 Å². The van der Waals surface area contributed by atoms with Gasteiger partial charge in [-0.2, -0.15) is 0 Å². The molecule has 0 atom stereocenters. The smallest absolute Gasteiger partial charge is 0.308 e. The molecule has 0 bridgehead atoms. The number of hydrogen-bond donors (Lipinski definition) is 0. The first-order valence-electron chi connectivity index (χ1n) is 8.99. The predicted octanol–water partition coefficient (Wildman–Crippen LogP) is 4.51. The van der Waals surface area contributed by atoms with Gasteiger partial charge in [0, 0.05) is 25.5 Å². The molecule has 0 aliphatic carbocycles. The third kappa shape index (κ3) is 5.13. The van der Waals surface area contributed by atoms with E-state index in [0.717, 1.165) is 22.4 Å². The molecule has 148 valence electrons. The van der Waals surface area contributed by atoms with Gasteiger partial charge in [0.2, 0.25) is 0 Å². The second kappa shape index (κ2) is 9.60. The Morgan fingerprint density at radius 3 is 2.04 bits per heavy atom. The molecule has 1 aliphatic heterocycles. The van der Waals surface area contributed by atoms with E-state index in [4.69, 9.17) is 18.9 Å². The van der Waals surface area contributed by atoms with Crippen LogP contribution in [0.1, 0.15) is 38.8 Å². The summed E-state index contributed by atoms with van der Waals surface area (Å²) in [5.74, 6) is 0.622. The Hall–Kier alpha value is -3.28. The van der Waals surface area contributed by atoms with Gasteiger partial charge < -0.3 is 18.9 Å². The second-order valence-electron chi connectivity index (χ2n) is 5.71. The largest absolute Gasteiger partial charge is 0.497 e. The summed E-state index contributed by atoms with van der Waals surface area (Å²) in [6.45, 7) is 6.93. The van der Waals surface area contributed by atoms with Crippen LogP contribution in [-0.2, 0) is 9.59 Å². The van der Waals surface area contributed by atoms with E-state index in [-0.39, 0.29) is 11.5 Å². The molecule has 0 saturated carbocycles. The van der Waals surface area contributed by atoms with Crippen molar-refractivity contribution < 1.29 is 28.5 Å². The molecule has 6 heteroatoms. The molecular weight excluding hydrogens is 360 g/mol. The molecule has 0 fully saturated rings. The maximum Gasteiger partial charge on any atom is 0.308 e. The highest BCUT2D eigenvalue weighted by Crippen LogP contribution is 2.39. The number of hydrogen-bond acceptors (Lipinski definition) is 6. The zero-order valence-corrected chi connectivity index (χ0v) is 16.7. The first-order chi connectivity index (χ1) is 13.5. The number of rotatable bonds is 4. The SMILES string of the molecule is CC.COc1ccc(C2=Cc3cc(OC(C)=O)c(OC(C)=O)cc3OC2)cc1. The summed E-state index contributed by atoms with van der Waals surface area (Å²) < 4.78 is 21.3. The summed E-state index contributed by atoms with van der Waals surface area (Å²) in [5, 5.41) is 0. The quantitative estimate of drug-likeness (QED) is 0.571. The fraction of sp³-hybridized carbons (Fsp3) is 0.273. The Morgan fingerprint density at radius 2 is 1.50 bits per heavy atom. The van der Waals surface area contributed by atoms with Gasteiger partial charge in [0.15, 0.2) is 11.5 Å². The second-order valence-corrected chi connectivity index (χ2v) is 5.71. The van der Waals surface area contributed by atoms with Crippen molar-refractivity contribution in [1.29, 1.82) is 0 Å². The summed E-state index contributed by atoms with van der Waals surface area (Å²) in [5.41, 5.74) is 2.69. The highest BCUT2D eigenvalue weighted by molar-refractivity contribution is 5.87. The van der Waals surface area contributed by atoms with Gasteiger partial charge in [-0.15, -0.1) is 0 Å². The molecule has 0 aromatic heterocycles. The lowest BCUT2D eigenvalue weighted by atomic mass is 10.0. The van der Waals surface area contributed by atoms with Crippen molar-refractivity contribution in [3.63, 3.8) is 0 Å². The van der Waals surface area contributed by atoms with Crippen molar-refractivity contribution in [2.24, 2.45) is 0 Å². The van der Waals surface area contributed by atoms with Gasteiger partial charge in [-0.25, -0.2) is 0 Å². The van der Waals surface area contributed by atoms with Crippen molar-refractivity contribution >= 4 is 23.6 Å². The summed E-state index contributed by atoms with van der Waals surface area (Å²) in [6.07, 6.45) is 1.95. The van der Waals surface area contributed by atoms with Crippen LogP contribution in [0.3, 0.4) is 0 Å². The summed E-state index contributed by atoms with van der Waals surface area (Å²) in [4.78, 5) is 22.6. The van der Waals surface area contributed by atoms with Crippen molar-refractivity contribution in [2.75, 3.05) is 13.7 Å². The van der Waals surface area contributed by atoms with Gasteiger partial charge in [-0.3, -0.25) is 9.59 Å². The Kier molecular flexibility index (Phi) is 7.21. The number of ether oxygens (including phenoxy) is 4. The van der Waals surface area contributed by atoms with Gasteiger partial charge in [0.1, 0.15) is 18.1 Å². The van der Waals surface area contributed by atoms with Gasteiger partial charge in [-0.1, -0.05) is 26.0 Å². The summed E-state index contributed by atoms with van der Waals surface area (Å²) in [6, 6.07) is 10.8. The topological polar surface area (TPSA) is 71.1 Å². The van der Waals surface area contributed by atoms with Crippen LogP contribution in [0.5, 0.6) is 23.0 Å². The first kappa shape index (κ1) is 21.0. The molecule has 0 amide bonds. The number of fused-ring (bicyclic) bond motifs is 1. The monoisotopic (exact) mass is 384 g/mol. The maximum absolute atomic E-state index is 11.3. The van der Waals surface area contributed by atoms with Gasteiger partial charge in [0.05, 0.1) is 7.11 Å². The lowest BCUT2D eigenvalue weighted by Gasteiger charge is -2.20. The highest BCUT2D eigenvalue weighted by atomic mass is 16.6. The van der Waals surface area contributed by atoms with E-state index in [1.165, 1.54) is 13.8 Å². The fourth-order valence-electron chi connectivity index (χ4n) is 2.62. The lowest BCUT2D eigenvalue weighted by Crippen LogP contribution is -2.10. The molecule has 0 unspecified atom stereocenters. The maximum atomic E-state index is 11.3. The number of carbonyl (C=O) groups is 2. The van der Waals surface area contributed by atoms with E-state index in [1.807, 2.05) is 44.2 Å². The molecule has 1 heterocycles. The molecule has 2 aromatic carbocycles. The van der Waals surface area contributed by atoms with E-state index < -0.39 is 11.9 Å². The van der Waals surface area contributed by atoms with E-state index in [0.29, 0.717) is 12.4 Å². The lowest BCUT2D eigenvalue weighted by molar-refractivity contribution is -0.134. The molecule has 28 heavy (non-hydrogen) atoms. The molecule has 3 rings (SSSR count). The molecule has 6 nitrogen and oxygen atoms in total. The van der Waals surface area contributed by atoms with Crippen molar-refractivity contribution in [2.45, 2.75) is 27.7 Å². The molecule has 0 saturated heterocycles.